The van der Waals surface area contributed by atoms with Crippen molar-refractivity contribution in [1.82, 2.24) is 15.3 Å². The van der Waals surface area contributed by atoms with Gasteiger partial charge in [-0.3, -0.25) is 19.9 Å². The summed E-state index contributed by atoms with van der Waals surface area (Å²) >= 11 is 0. The van der Waals surface area contributed by atoms with Crippen LogP contribution in [0.3, 0.4) is 0 Å². The number of benzene rings is 2. The molecule has 2 aromatic heterocycles. The number of nitrogens with two attached hydrogens (primary N) is 1. The van der Waals surface area contributed by atoms with Crippen LogP contribution in [-0.4, -0.2) is 27.7 Å². The molecule has 0 atom stereocenters. The lowest BCUT2D eigenvalue weighted by molar-refractivity contribution is -0.114. The number of anilines is 1. The first-order chi connectivity index (χ1) is 16.0. The molecule has 4 N–H and O–H groups in total. The lowest BCUT2D eigenvalue weighted by atomic mass is 10.2. The Bertz CT molecular complexity index is 1340. The quantitative estimate of drug-likeness (QED) is 0.297. The second-order valence-corrected chi connectivity index (χ2v) is 7.04. The molecule has 0 aliphatic heterocycles. The van der Waals surface area contributed by atoms with Crippen molar-refractivity contribution in [3.05, 3.63) is 90.4 Å². The molecule has 0 radical (unpaired) electrons. The lowest BCUT2D eigenvalue weighted by Gasteiger charge is -2.09. The van der Waals surface area contributed by atoms with Crippen LogP contribution in [0.2, 0.25) is 0 Å². The standard InChI is InChI=1S/C24H19N5O4/c25-23(31)22(30)20-12-19(9-10-26-20)33-18-7-5-15(6-8-18)13-28-24(32)29-21-11-16-3-1-2-4-17(16)14-27-21/h1-12,14H,13H2,(H2,25,31)(H2,27,28,29,32). The first-order valence-corrected chi connectivity index (χ1v) is 9.94. The summed E-state index contributed by atoms with van der Waals surface area (Å²) in [6, 6.07) is 19.1. The fourth-order valence-corrected chi connectivity index (χ4v) is 3.03. The van der Waals surface area contributed by atoms with Gasteiger partial charge in [-0.05, 0) is 35.2 Å². The maximum absolute atomic E-state index is 12.2. The summed E-state index contributed by atoms with van der Waals surface area (Å²) in [5.41, 5.74) is 5.76. The molecule has 9 heteroatoms. The van der Waals surface area contributed by atoms with Gasteiger partial charge in [-0.1, -0.05) is 36.4 Å². The number of amides is 3. The van der Waals surface area contributed by atoms with Crippen LogP contribution in [0.4, 0.5) is 10.6 Å². The van der Waals surface area contributed by atoms with Gasteiger partial charge < -0.3 is 15.8 Å². The SMILES string of the molecule is NC(=O)C(=O)c1cc(Oc2ccc(CNC(=O)Nc3cc4ccccc4cn3)cc2)ccn1. The molecular weight excluding hydrogens is 422 g/mol. The molecule has 4 rings (SSSR count). The number of primary amides is 1. The number of pyridine rings is 2. The van der Waals surface area contributed by atoms with Crippen LogP contribution >= 0.6 is 0 Å². The summed E-state index contributed by atoms with van der Waals surface area (Å²) in [6.07, 6.45) is 3.06. The molecule has 3 amide bonds. The highest BCUT2D eigenvalue weighted by Crippen LogP contribution is 2.22. The fourth-order valence-electron chi connectivity index (χ4n) is 3.03. The summed E-state index contributed by atoms with van der Waals surface area (Å²) in [7, 11) is 0. The zero-order chi connectivity index (χ0) is 23.2. The number of nitrogens with one attached hydrogen (secondary N) is 2. The Morgan fingerprint density at radius 2 is 1.64 bits per heavy atom. The zero-order valence-corrected chi connectivity index (χ0v) is 17.3. The number of ketones is 1. The van der Waals surface area contributed by atoms with Gasteiger partial charge in [0.15, 0.2) is 0 Å². The second-order valence-electron chi connectivity index (χ2n) is 7.04. The van der Waals surface area contributed by atoms with Crippen LogP contribution in [0, 0.1) is 0 Å². The van der Waals surface area contributed by atoms with Crippen LogP contribution in [0.15, 0.2) is 79.1 Å². The van der Waals surface area contributed by atoms with Crippen molar-refractivity contribution in [3.63, 3.8) is 0 Å². The topological polar surface area (TPSA) is 136 Å². The highest BCUT2D eigenvalue weighted by Gasteiger charge is 2.14. The Morgan fingerprint density at radius 3 is 2.39 bits per heavy atom. The average Bonchev–Trinajstić information content (AvgIpc) is 2.83. The molecule has 0 bridgehead atoms. The maximum Gasteiger partial charge on any atom is 0.320 e. The van der Waals surface area contributed by atoms with E-state index in [4.69, 9.17) is 10.5 Å². The van der Waals surface area contributed by atoms with Crippen molar-refractivity contribution in [2.24, 2.45) is 5.73 Å². The van der Waals surface area contributed by atoms with E-state index in [-0.39, 0.29) is 11.7 Å². The Balaban J connectivity index is 1.32. The lowest BCUT2D eigenvalue weighted by Crippen LogP contribution is -2.28. The maximum atomic E-state index is 12.2. The van der Waals surface area contributed by atoms with Gasteiger partial charge in [0.05, 0.1) is 0 Å². The van der Waals surface area contributed by atoms with Gasteiger partial charge >= 0.3 is 6.03 Å². The van der Waals surface area contributed by atoms with Gasteiger partial charge in [0.1, 0.15) is 23.0 Å². The second kappa shape index (κ2) is 9.56. The number of ether oxygens (including phenoxy) is 1. The van der Waals surface area contributed by atoms with E-state index in [0.29, 0.717) is 23.9 Å². The molecule has 0 fully saturated rings. The van der Waals surface area contributed by atoms with Gasteiger partial charge in [0.25, 0.3) is 11.7 Å². The molecule has 0 saturated carbocycles. The fraction of sp³-hybridized carbons (Fsp3) is 0.0417. The molecule has 0 saturated heterocycles. The molecule has 2 heterocycles. The Labute approximate surface area is 188 Å². The molecule has 33 heavy (non-hydrogen) atoms. The minimum absolute atomic E-state index is 0.0901. The van der Waals surface area contributed by atoms with Crippen LogP contribution in [0.25, 0.3) is 10.8 Å². The minimum Gasteiger partial charge on any atom is -0.457 e. The van der Waals surface area contributed by atoms with E-state index in [1.54, 1.807) is 36.5 Å². The Hall–Kier alpha value is -4.79. The van der Waals surface area contributed by atoms with E-state index in [1.165, 1.54) is 12.3 Å². The third-order valence-corrected chi connectivity index (χ3v) is 4.67. The Kier molecular flexibility index (Phi) is 6.21. The van der Waals surface area contributed by atoms with Crippen molar-refractivity contribution in [2.45, 2.75) is 6.54 Å². The number of fused-ring (bicyclic) bond motifs is 1. The Morgan fingerprint density at radius 1 is 0.879 bits per heavy atom. The molecular formula is C24H19N5O4. The van der Waals surface area contributed by atoms with E-state index in [1.807, 2.05) is 30.3 Å². The number of Topliss-reactive ketones (excluding diaryl/α,β-unsaturated/α-hetero) is 1. The molecule has 0 unspecified atom stereocenters. The van der Waals surface area contributed by atoms with Gasteiger partial charge in [-0.2, -0.15) is 0 Å². The number of hydrogen-bond acceptors (Lipinski definition) is 6. The van der Waals surface area contributed by atoms with Crippen LogP contribution in [0.1, 0.15) is 16.1 Å². The van der Waals surface area contributed by atoms with Gasteiger partial charge in [-0.25, -0.2) is 9.78 Å². The summed E-state index contributed by atoms with van der Waals surface area (Å²) in [4.78, 5) is 43.0. The van der Waals surface area contributed by atoms with Crippen LogP contribution in [0.5, 0.6) is 11.5 Å². The van der Waals surface area contributed by atoms with E-state index in [0.717, 1.165) is 16.3 Å². The highest BCUT2D eigenvalue weighted by atomic mass is 16.5. The normalized spacial score (nSPS) is 10.4. The zero-order valence-electron chi connectivity index (χ0n) is 17.3. The summed E-state index contributed by atoms with van der Waals surface area (Å²) < 4.78 is 5.69. The monoisotopic (exact) mass is 441 g/mol. The molecule has 2 aromatic carbocycles. The summed E-state index contributed by atoms with van der Waals surface area (Å²) in [5, 5.41) is 7.47. The number of carbonyl (C=O) groups excluding carboxylic acids is 3. The predicted molar refractivity (Wildman–Crippen MR) is 122 cm³/mol. The highest BCUT2D eigenvalue weighted by molar-refractivity contribution is 6.41. The van der Waals surface area contributed by atoms with Gasteiger partial charge in [0, 0.05) is 30.4 Å². The van der Waals surface area contributed by atoms with Crippen molar-refractivity contribution in [1.29, 1.82) is 0 Å². The number of hydrogen-bond donors (Lipinski definition) is 3. The third-order valence-electron chi connectivity index (χ3n) is 4.67. The van der Waals surface area contributed by atoms with Crippen molar-refractivity contribution >= 4 is 34.3 Å². The molecule has 164 valence electrons. The number of rotatable bonds is 7. The van der Waals surface area contributed by atoms with Gasteiger partial charge in [-0.15, -0.1) is 0 Å². The summed E-state index contributed by atoms with van der Waals surface area (Å²) in [6.45, 7) is 0.298. The largest absolute Gasteiger partial charge is 0.457 e. The van der Waals surface area contributed by atoms with Crippen LogP contribution < -0.4 is 21.1 Å². The molecule has 0 aliphatic rings. The predicted octanol–water partition coefficient (Wildman–Crippen LogP) is 3.41. The summed E-state index contributed by atoms with van der Waals surface area (Å²) in [5.74, 6) is -0.674. The molecule has 0 spiro atoms. The minimum atomic E-state index is -1.09. The van der Waals surface area contributed by atoms with Gasteiger partial charge in [0.2, 0.25) is 0 Å². The first kappa shape index (κ1) is 21.4. The van der Waals surface area contributed by atoms with E-state index < -0.39 is 11.7 Å². The van der Waals surface area contributed by atoms with Crippen LogP contribution in [-0.2, 0) is 11.3 Å². The molecule has 0 aliphatic carbocycles. The third kappa shape index (κ3) is 5.47. The smallest absolute Gasteiger partial charge is 0.320 e. The van der Waals surface area contributed by atoms with Crippen molar-refractivity contribution in [2.75, 3.05) is 5.32 Å². The molecule has 4 aromatic rings. The molecule has 9 nitrogen and oxygen atoms in total. The van der Waals surface area contributed by atoms with E-state index >= 15 is 0 Å². The van der Waals surface area contributed by atoms with Crippen molar-refractivity contribution < 1.29 is 19.1 Å². The van der Waals surface area contributed by atoms with Crippen molar-refractivity contribution in [3.8, 4) is 11.5 Å². The number of carbonyl (C=O) groups is 3. The number of aromatic nitrogens is 2. The first-order valence-electron chi connectivity index (χ1n) is 9.94. The van der Waals surface area contributed by atoms with E-state index in [9.17, 15) is 14.4 Å². The number of nitrogens with zero attached hydrogens (tertiary/aromatic N) is 2. The average molecular weight is 441 g/mol. The van der Waals surface area contributed by atoms with E-state index in [2.05, 4.69) is 20.6 Å². The number of urea groups is 1.